The molecule has 96 valence electrons. The fraction of sp³-hybridized carbons (Fsp3) is 0.0769. The number of thiophene rings is 1. The lowest BCUT2D eigenvalue weighted by atomic mass is 10.3. The molecule has 4 nitrogen and oxygen atoms in total. The summed E-state index contributed by atoms with van der Waals surface area (Å²) in [4.78, 5) is 5.36. The first-order valence-corrected chi connectivity index (χ1v) is 7.34. The molecule has 0 aliphatic heterocycles. The highest BCUT2D eigenvalue weighted by Gasteiger charge is 2.08. The van der Waals surface area contributed by atoms with E-state index in [4.69, 9.17) is 4.52 Å². The van der Waals surface area contributed by atoms with Gasteiger partial charge in [-0.15, -0.1) is 11.3 Å². The third kappa shape index (κ3) is 3.02. The third-order valence-electron chi connectivity index (χ3n) is 2.50. The number of anilines is 1. The Morgan fingerprint density at radius 1 is 1.21 bits per heavy atom. The van der Waals surface area contributed by atoms with Gasteiger partial charge in [-0.25, -0.2) is 0 Å². The van der Waals surface area contributed by atoms with E-state index >= 15 is 0 Å². The Kier molecular flexibility index (Phi) is 3.61. The first-order valence-electron chi connectivity index (χ1n) is 5.67. The maximum atomic E-state index is 5.21. The molecule has 1 N–H and O–H groups in total. The zero-order valence-corrected chi connectivity index (χ0v) is 12.2. The Morgan fingerprint density at radius 3 is 2.79 bits per heavy atom. The summed E-state index contributed by atoms with van der Waals surface area (Å²) in [5.74, 6) is 1.22. The molecule has 0 fully saturated rings. The van der Waals surface area contributed by atoms with Gasteiger partial charge in [0.25, 0.3) is 0 Å². The summed E-state index contributed by atoms with van der Waals surface area (Å²) in [6.07, 6.45) is 0. The van der Waals surface area contributed by atoms with E-state index in [-0.39, 0.29) is 0 Å². The molecule has 0 spiro atoms. The molecule has 0 saturated carbocycles. The van der Waals surface area contributed by atoms with Crippen LogP contribution in [-0.2, 0) is 6.54 Å². The highest BCUT2D eigenvalue weighted by molar-refractivity contribution is 9.10. The molecular weight excluding hydrogens is 326 g/mol. The van der Waals surface area contributed by atoms with Gasteiger partial charge in [0.05, 0.1) is 11.4 Å². The van der Waals surface area contributed by atoms with Gasteiger partial charge in [-0.1, -0.05) is 27.2 Å². The molecule has 3 aromatic rings. The van der Waals surface area contributed by atoms with Crippen LogP contribution in [0.2, 0.25) is 0 Å². The van der Waals surface area contributed by atoms with E-state index < -0.39 is 0 Å². The largest absolute Gasteiger partial charge is 0.376 e. The Balaban J connectivity index is 1.66. The van der Waals surface area contributed by atoms with E-state index in [1.165, 1.54) is 0 Å². The van der Waals surface area contributed by atoms with Crippen molar-refractivity contribution >= 4 is 33.0 Å². The minimum Gasteiger partial charge on any atom is -0.376 e. The quantitative estimate of drug-likeness (QED) is 0.777. The van der Waals surface area contributed by atoms with Gasteiger partial charge < -0.3 is 9.84 Å². The number of rotatable bonds is 4. The van der Waals surface area contributed by atoms with Crippen molar-refractivity contribution in [2.45, 2.75) is 6.54 Å². The second-order valence-corrected chi connectivity index (χ2v) is 5.71. The van der Waals surface area contributed by atoms with Crippen LogP contribution in [0.3, 0.4) is 0 Å². The van der Waals surface area contributed by atoms with E-state index in [0.717, 1.165) is 15.0 Å². The van der Waals surface area contributed by atoms with E-state index in [1.54, 1.807) is 11.3 Å². The van der Waals surface area contributed by atoms with Gasteiger partial charge in [-0.2, -0.15) is 4.98 Å². The molecule has 1 aromatic carbocycles. The number of nitrogens with zero attached hydrogens (tertiary/aromatic N) is 2. The van der Waals surface area contributed by atoms with Gasteiger partial charge in [0.15, 0.2) is 0 Å². The molecule has 3 rings (SSSR count). The van der Waals surface area contributed by atoms with Gasteiger partial charge in [0, 0.05) is 10.2 Å². The molecule has 19 heavy (non-hydrogen) atoms. The molecule has 0 aliphatic rings. The number of halogens is 1. The second-order valence-electron chi connectivity index (χ2n) is 3.85. The van der Waals surface area contributed by atoms with Crippen LogP contribution >= 0.6 is 27.3 Å². The highest BCUT2D eigenvalue weighted by Crippen LogP contribution is 2.21. The smallest absolute Gasteiger partial charge is 0.246 e. The van der Waals surface area contributed by atoms with Gasteiger partial charge in [-0.05, 0) is 35.7 Å². The van der Waals surface area contributed by atoms with Gasteiger partial charge >= 0.3 is 0 Å². The molecule has 0 aliphatic carbocycles. The molecule has 0 saturated heterocycles. The van der Waals surface area contributed by atoms with Crippen molar-refractivity contribution in [2.75, 3.05) is 5.32 Å². The molecule has 6 heteroatoms. The lowest BCUT2D eigenvalue weighted by molar-refractivity contribution is 0.384. The predicted octanol–water partition coefficient (Wildman–Crippen LogP) is 4.17. The van der Waals surface area contributed by atoms with Gasteiger partial charge in [0.2, 0.25) is 11.7 Å². The Bertz CT molecular complexity index is 649. The van der Waals surface area contributed by atoms with Crippen molar-refractivity contribution < 1.29 is 4.52 Å². The van der Waals surface area contributed by atoms with E-state index in [2.05, 4.69) is 31.4 Å². The normalized spacial score (nSPS) is 10.6. The minimum atomic E-state index is 0.514. The van der Waals surface area contributed by atoms with Crippen LogP contribution in [0.15, 0.2) is 50.8 Å². The fourth-order valence-corrected chi connectivity index (χ4v) is 2.49. The number of aromatic nitrogens is 2. The van der Waals surface area contributed by atoms with Crippen molar-refractivity contribution in [2.24, 2.45) is 0 Å². The SMILES string of the molecule is Brc1ccc(NCc2nc(-c3cccs3)no2)cc1. The zero-order valence-electron chi connectivity index (χ0n) is 9.84. The second kappa shape index (κ2) is 5.54. The summed E-state index contributed by atoms with van der Waals surface area (Å²) in [6.45, 7) is 0.514. The first-order chi connectivity index (χ1) is 9.31. The molecule has 0 amide bonds. The van der Waals surface area contributed by atoms with Crippen LogP contribution in [0.1, 0.15) is 5.89 Å². The topological polar surface area (TPSA) is 51.0 Å². The van der Waals surface area contributed by atoms with Crippen LogP contribution in [0.25, 0.3) is 10.7 Å². The van der Waals surface area contributed by atoms with Crippen LogP contribution in [0.4, 0.5) is 5.69 Å². The molecule has 0 unspecified atom stereocenters. The molecule has 0 atom stereocenters. The summed E-state index contributed by atoms with van der Waals surface area (Å²) in [5.41, 5.74) is 1.01. The lowest BCUT2D eigenvalue weighted by Crippen LogP contribution is -1.99. The van der Waals surface area contributed by atoms with Crippen molar-refractivity contribution in [3.8, 4) is 10.7 Å². The number of hydrogen-bond donors (Lipinski definition) is 1. The summed E-state index contributed by atoms with van der Waals surface area (Å²) in [6, 6.07) is 11.9. The van der Waals surface area contributed by atoms with E-state index in [1.807, 2.05) is 41.8 Å². The van der Waals surface area contributed by atoms with Crippen LogP contribution in [-0.4, -0.2) is 10.1 Å². The molecule has 2 heterocycles. The molecule has 0 bridgehead atoms. The number of hydrogen-bond acceptors (Lipinski definition) is 5. The summed E-state index contributed by atoms with van der Waals surface area (Å²) in [5, 5.41) is 9.19. The highest BCUT2D eigenvalue weighted by atomic mass is 79.9. The average Bonchev–Trinajstić information content (AvgIpc) is 3.09. The van der Waals surface area contributed by atoms with Crippen LogP contribution in [0, 0.1) is 0 Å². The lowest BCUT2D eigenvalue weighted by Gasteiger charge is -2.02. The van der Waals surface area contributed by atoms with Crippen LogP contribution in [0.5, 0.6) is 0 Å². The molecule has 2 aromatic heterocycles. The zero-order chi connectivity index (χ0) is 13.1. The molecular formula is C13H10BrN3OS. The van der Waals surface area contributed by atoms with Crippen LogP contribution < -0.4 is 5.32 Å². The minimum absolute atomic E-state index is 0.514. The maximum absolute atomic E-state index is 5.21. The molecule has 0 radical (unpaired) electrons. The van der Waals surface area contributed by atoms with E-state index in [0.29, 0.717) is 18.3 Å². The van der Waals surface area contributed by atoms with E-state index in [9.17, 15) is 0 Å². The van der Waals surface area contributed by atoms with Crippen molar-refractivity contribution in [3.63, 3.8) is 0 Å². The summed E-state index contributed by atoms with van der Waals surface area (Å²) in [7, 11) is 0. The Labute approximate surface area is 122 Å². The van der Waals surface area contributed by atoms with Crippen molar-refractivity contribution in [1.82, 2.24) is 10.1 Å². The number of benzene rings is 1. The maximum Gasteiger partial charge on any atom is 0.246 e. The first kappa shape index (κ1) is 12.4. The Hall–Kier alpha value is -1.66. The third-order valence-corrected chi connectivity index (χ3v) is 3.89. The van der Waals surface area contributed by atoms with Crippen molar-refractivity contribution in [1.29, 1.82) is 0 Å². The summed E-state index contributed by atoms with van der Waals surface area (Å²) >= 11 is 4.99. The van der Waals surface area contributed by atoms with Gasteiger partial charge in [0.1, 0.15) is 0 Å². The monoisotopic (exact) mass is 335 g/mol. The fourth-order valence-electron chi connectivity index (χ4n) is 1.58. The average molecular weight is 336 g/mol. The summed E-state index contributed by atoms with van der Waals surface area (Å²) < 4.78 is 6.26. The Morgan fingerprint density at radius 2 is 2.05 bits per heavy atom. The number of nitrogens with one attached hydrogen (secondary N) is 1. The van der Waals surface area contributed by atoms with Gasteiger partial charge in [-0.3, -0.25) is 0 Å². The standard InChI is InChI=1S/C13H10BrN3OS/c14-9-3-5-10(6-4-9)15-8-12-16-13(17-18-12)11-2-1-7-19-11/h1-7,15H,8H2. The predicted molar refractivity (Wildman–Crippen MR) is 79.1 cm³/mol. The van der Waals surface area contributed by atoms with Crippen molar-refractivity contribution in [3.05, 3.63) is 52.1 Å².